The van der Waals surface area contributed by atoms with E-state index in [1.165, 1.54) is 0 Å². The fraction of sp³-hybridized carbons (Fsp3) is 0.696. The lowest BCUT2D eigenvalue weighted by Gasteiger charge is -2.44. The molecule has 4 rings (SSSR count). The van der Waals surface area contributed by atoms with Crippen LogP contribution in [0.5, 0.6) is 0 Å². The van der Waals surface area contributed by atoms with Gasteiger partial charge in [-0.3, -0.25) is 19.5 Å². The molecule has 3 aliphatic rings. The van der Waals surface area contributed by atoms with E-state index in [0.717, 1.165) is 76.9 Å². The van der Waals surface area contributed by atoms with E-state index >= 15 is 0 Å². The Hall–Kier alpha value is -1.99. The van der Waals surface area contributed by atoms with Crippen LogP contribution >= 0.6 is 0 Å². The Morgan fingerprint density at radius 3 is 2.73 bits per heavy atom. The molecule has 30 heavy (non-hydrogen) atoms. The summed E-state index contributed by atoms with van der Waals surface area (Å²) in [6.45, 7) is 4.77. The lowest BCUT2D eigenvalue weighted by molar-refractivity contribution is -0.135. The maximum atomic E-state index is 12.6. The first-order valence-electron chi connectivity index (χ1n) is 11.5. The normalized spacial score (nSPS) is 22.8. The molecule has 1 atom stereocenters. The number of likely N-dealkylation sites (tertiary alicyclic amines) is 1. The minimum Gasteiger partial charge on any atom is -0.381 e. The molecule has 1 aromatic heterocycles. The zero-order chi connectivity index (χ0) is 20.8. The fourth-order valence-corrected chi connectivity index (χ4v) is 4.77. The highest BCUT2D eigenvalue weighted by Gasteiger charge is 2.37. The third-order valence-electron chi connectivity index (χ3n) is 6.54. The third-order valence-corrected chi connectivity index (χ3v) is 6.54. The second-order valence-corrected chi connectivity index (χ2v) is 8.82. The highest BCUT2D eigenvalue weighted by molar-refractivity contribution is 5.81. The van der Waals surface area contributed by atoms with E-state index < -0.39 is 0 Å². The number of amides is 2. The van der Waals surface area contributed by atoms with Crippen molar-refractivity contribution < 1.29 is 14.3 Å². The van der Waals surface area contributed by atoms with Gasteiger partial charge in [-0.15, -0.1) is 0 Å². The molecule has 0 bridgehead atoms. The van der Waals surface area contributed by atoms with Gasteiger partial charge in [-0.05, 0) is 50.2 Å². The van der Waals surface area contributed by atoms with Crippen molar-refractivity contribution in [1.82, 2.24) is 20.1 Å². The van der Waals surface area contributed by atoms with Crippen molar-refractivity contribution in [2.24, 2.45) is 5.92 Å². The Labute approximate surface area is 179 Å². The molecule has 0 spiro atoms. The maximum Gasteiger partial charge on any atom is 0.225 e. The van der Waals surface area contributed by atoms with Crippen LogP contribution in [0.15, 0.2) is 24.5 Å². The lowest BCUT2D eigenvalue weighted by Crippen LogP contribution is -2.55. The van der Waals surface area contributed by atoms with Crippen LogP contribution < -0.4 is 5.32 Å². The van der Waals surface area contributed by atoms with Crippen LogP contribution in [0.25, 0.3) is 0 Å². The second kappa shape index (κ2) is 10.4. The average molecular weight is 415 g/mol. The summed E-state index contributed by atoms with van der Waals surface area (Å²) in [6.07, 6.45) is 10.2. The highest BCUT2D eigenvalue weighted by atomic mass is 16.5. The number of hydrogen-bond acceptors (Lipinski definition) is 5. The summed E-state index contributed by atoms with van der Waals surface area (Å²) in [4.78, 5) is 33.7. The van der Waals surface area contributed by atoms with Crippen LogP contribution in [0.2, 0.25) is 0 Å². The first kappa shape index (κ1) is 21.2. The second-order valence-electron chi connectivity index (χ2n) is 8.82. The summed E-state index contributed by atoms with van der Waals surface area (Å²) in [5, 5.41) is 3.08. The monoisotopic (exact) mass is 414 g/mol. The van der Waals surface area contributed by atoms with Crippen LogP contribution in [0.3, 0.4) is 0 Å². The number of aromatic nitrogens is 1. The van der Waals surface area contributed by atoms with Crippen LogP contribution in [-0.4, -0.2) is 78.1 Å². The molecule has 7 nitrogen and oxygen atoms in total. The number of nitrogens with one attached hydrogen (secondary N) is 1. The van der Waals surface area contributed by atoms with E-state index in [4.69, 9.17) is 4.74 Å². The van der Waals surface area contributed by atoms with Gasteiger partial charge < -0.3 is 15.0 Å². The van der Waals surface area contributed by atoms with Gasteiger partial charge in [0.1, 0.15) is 0 Å². The number of piperidine rings is 1. The SMILES string of the molecule is O=C(Cc1cccnc1)NCCN(C1CCOCC1)C1CCCN(C(=O)C2CC2)C1. The first-order valence-corrected chi connectivity index (χ1v) is 11.5. The van der Waals surface area contributed by atoms with Gasteiger partial charge in [0.2, 0.25) is 11.8 Å². The summed E-state index contributed by atoms with van der Waals surface area (Å²) in [5.74, 6) is 0.674. The molecule has 1 saturated carbocycles. The van der Waals surface area contributed by atoms with Crippen molar-refractivity contribution in [1.29, 1.82) is 0 Å². The number of carbonyl (C=O) groups excluding carboxylic acids is 2. The Balaban J connectivity index is 1.32. The molecule has 2 aliphatic heterocycles. The summed E-state index contributed by atoms with van der Waals surface area (Å²) in [7, 11) is 0. The zero-order valence-electron chi connectivity index (χ0n) is 17.8. The van der Waals surface area contributed by atoms with Crippen molar-refractivity contribution >= 4 is 11.8 Å². The molecule has 1 unspecified atom stereocenters. The molecular formula is C23H34N4O3. The van der Waals surface area contributed by atoms with Gasteiger partial charge in [-0.2, -0.15) is 0 Å². The molecule has 2 amide bonds. The standard InChI is InChI=1S/C23H34N4O3/c28-22(15-18-3-1-9-24-16-18)25-10-12-27(20-7-13-30-14-8-20)21-4-2-11-26(17-21)23(29)19-5-6-19/h1,3,9,16,19-21H,2,4-8,10-15,17H2,(H,25,28). The molecule has 2 saturated heterocycles. The van der Waals surface area contributed by atoms with E-state index in [9.17, 15) is 9.59 Å². The molecule has 0 radical (unpaired) electrons. The van der Waals surface area contributed by atoms with Crippen molar-refractivity contribution in [2.45, 2.75) is 57.0 Å². The van der Waals surface area contributed by atoms with Crippen molar-refractivity contribution in [3.63, 3.8) is 0 Å². The van der Waals surface area contributed by atoms with Crippen LogP contribution in [-0.2, 0) is 20.7 Å². The third kappa shape index (κ3) is 5.79. The summed E-state index contributed by atoms with van der Waals surface area (Å²) >= 11 is 0. The van der Waals surface area contributed by atoms with E-state index in [1.54, 1.807) is 12.4 Å². The molecule has 1 aromatic rings. The van der Waals surface area contributed by atoms with Crippen molar-refractivity contribution in [3.05, 3.63) is 30.1 Å². The largest absolute Gasteiger partial charge is 0.381 e. The van der Waals surface area contributed by atoms with Gasteiger partial charge in [-0.25, -0.2) is 0 Å². The van der Waals surface area contributed by atoms with E-state index in [2.05, 4.69) is 20.1 Å². The van der Waals surface area contributed by atoms with Crippen LogP contribution in [0, 0.1) is 5.92 Å². The number of hydrogen-bond donors (Lipinski definition) is 1. The Bertz CT molecular complexity index is 704. The predicted octanol–water partition coefficient (Wildman–Crippen LogP) is 1.62. The molecule has 3 heterocycles. The minimum absolute atomic E-state index is 0.0316. The van der Waals surface area contributed by atoms with Crippen LogP contribution in [0.1, 0.15) is 44.1 Å². The quantitative estimate of drug-likeness (QED) is 0.700. The molecule has 1 aliphatic carbocycles. The number of ether oxygens (including phenoxy) is 1. The predicted molar refractivity (Wildman–Crippen MR) is 114 cm³/mol. The molecule has 0 aromatic carbocycles. The summed E-state index contributed by atoms with van der Waals surface area (Å²) in [6, 6.07) is 4.62. The van der Waals surface area contributed by atoms with Gasteiger partial charge in [0.15, 0.2) is 0 Å². The summed E-state index contributed by atoms with van der Waals surface area (Å²) in [5.41, 5.74) is 0.929. The highest BCUT2D eigenvalue weighted by Crippen LogP contribution is 2.32. The van der Waals surface area contributed by atoms with Crippen molar-refractivity contribution in [3.8, 4) is 0 Å². The summed E-state index contributed by atoms with van der Waals surface area (Å²) < 4.78 is 5.58. The van der Waals surface area contributed by atoms with Gasteiger partial charge in [-0.1, -0.05) is 6.07 Å². The Morgan fingerprint density at radius 2 is 2.00 bits per heavy atom. The Morgan fingerprint density at radius 1 is 1.17 bits per heavy atom. The molecule has 7 heteroatoms. The van der Waals surface area contributed by atoms with E-state index in [0.29, 0.717) is 31.0 Å². The molecular weight excluding hydrogens is 380 g/mol. The maximum absolute atomic E-state index is 12.6. The van der Waals surface area contributed by atoms with E-state index in [1.807, 2.05) is 12.1 Å². The van der Waals surface area contributed by atoms with Crippen LogP contribution in [0.4, 0.5) is 0 Å². The van der Waals surface area contributed by atoms with Gasteiger partial charge in [0.25, 0.3) is 0 Å². The molecule has 3 fully saturated rings. The number of carbonyl (C=O) groups is 2. The lowest BCUT2D eigenvalue weighted by atomic mass is 9.98. The van der Waals surface area contributed by atoms with Gasteiger partial charge >= 0.3 is 0 Å². The number of nitrogens with zero attached hydrogens (tertiary/aromatic N) is 3. The average Bonchev–Trinajstić information content (AvgIpc) is 3.63. The molecule has 1 N–H and O–H groups in total. The zero-order valence-corrected chi connectivity index (χ0v) is 17.8. The fourth-order valence-electron chi connectivity index (χ4n) is 4.77. The van der Waals surface area contributed by atoms with Crippen molar-refractivity contribution in [2.75, 3.05) is 39.4 Å². The smallest absolute Gasteiger partial charge is 0.225 e. The number of pyridine rings is 1. The minimum atomic E-state index is 0.0316. The topological polar surface area (TPSA) is 74.8 Å². The van der Waals surface area contributed by atoms with E-state index in [-0.39, 0.29) is 11.8 Å². The van der Waals surface area contributed by atoms with Gasteiger partial charge in [0, 0.05) is 69.8 Å². The number of rotatable bonds is 8. The Kier molecular flexibility index (Phi) is 7.33. The van der Waals surface area contributed by atoms with Gasteiger partial charge in [0.05, 0.1) is 6.42 Å². The molecule has 164 valence electrons. The first-order chi connectivity index (χ1) is 14.7.